The Morgan fingerprint density at radius 3 is 3.00 bits per heavy atom. The van der Waals surface area contributed by atoms with Crippen LogP contribution in [-0.2, 0) is 9.53 Å². The fourth-order valence-electron chi connectivity index (χ4n) is 2.09. The number of rotatable bonds is 6. The van der Waals surface area contributed by atoms with Crippen LogP contribution in [0.5, 0.6) is 0 Å². The predicted octanol–water partition coefficient (Wildman–Crippen LogP) is 1.42. The van der Waals surface area contributed by atoms with E-state index >= 15 is 0 Å². The van der Waals surface area contributed by atoms with E-state index in [-0.39, 0.29) is 0 Å². The predicted molar refractivity (Wildman–Crippen MR) is 62.4 cm³/mol. The first kappa shape index (κ1) is 13.2. The molecule has 0 aromatic rings. The van der Waals surface area contributed by atoms with Crippen LogP contribution in [0.1, 0.15) is 26.7 Å². The van der Waals surface area contributed by atoms with Crippen LogP contribution in [0, 0.1) is 5.92 Å². The molecule has 16 heavy (non-hydrogen) atoms. The lowest BCUT2D eigenvalue weighted by Gasteiger charge is -2.17. The van der Waals surface area contributed by atoms with Crippen molar-refractivity contribution in [3.8, 4) is 0 Å². The van der Waals surface area contributed by atoms with E-state index in [1.807, 2.05) is 6.92 Å². The van der Waals surface area contributed by atoms with E-state index in [1.54, 1.807) is 0 Å². The Morgan fingerprint density at radius 2 is 2.38 bits per heavy atom. The number of carboxylic acids is 1. The molecule has 0 aliphatic carbocycles. The van der Waals surface area contributed by atoms with E-state index in [1.165, 1.54) is 6.08 Å². The molecule has 0 spiro atoms. The lowest BCUT2D eigenvalue weighted by atomic mass is 9.99. The van der Waals surface area contributed by atoms with Gasteiger partial charge in [0.15, 0.2) is 0 Å². The van der Waals surface area contributed by atoms with Crippen molar-refractivity contribution in [3.63, 3.8) is 0 Å². The maximum atomic E-state index is 10.4. The Kier molecular flexibility index (Phi) is 5.49. The second kappa shape index (κ2) is 6.66. The first-order chi connectivity index (χ1) is 7.63. The maximum absolute atomic E-state index is 10.4. The van der Waals surface area contributed by atoms with Gasteiger partial charge in [-0.25, -0.2) is 4.79 Å². The molecule has 0 saturated carbocycles. The standard InChI is InChI=1S/C12H21NO3/c1-3-11-10(4-5-16-11)8-13-7-9(2)6-12(14)15/h6,10-11,13H,3-5,7-8H2,1-2H3,(H,14,15). The van der Waals surface area contributed by atoms with Gasteiger partial charge in [-0.2, -0.15) is 0 Å². The molecule has 1 rings (SSSR count). The number of hydrogen-bond acceptors (Lipinski definition) is 3. The average Bonchev–Trinajstić information content (AvgIpc) is 2.64. The van der Waals surface area contributed by atoms with Gasteiger partial charge in [0.1, 0.15) is 0 Å². The molecule has 1 aliphatic heterocycles. The maximum Gasteiger partial charge on any atom is 0.328 e. The normalized spacial score (nSPS) is 26.0. The molecule has 0 amide bonds. The third-order valence-corrected chi connectivity index (χ3v) is 2.93. The summed E-state index contributed by atoms with van der Waals surface area (Å²) in [4.78, 5) is 10.4. The van der Waals surface area contributed by atoms with Crippen molar-refractivity contribution in [2.75, 3.05) is 19.7 Å². The Bertz CT molecular complexity index is 263. The highest BCUT2D eigenvalue weighted by molar-refractivity contribution is 5.80. The van der Waals surface area contributed by atoms with Crippen LogP contribution in [0.4, 0.5) is 0 Å². The Labute approximate surface area is 96.7 Å². The van der Waals surface area contributed by atoms with E-state index in [0.717, 1.165) is 31.6 Å². The fraction of sp³-hybridized carbons (Fsp3) is 0.750. The molecule has 0 radical (unpaired) electrons. The van der Waals surface area contributed by atoms with Gasteiger partial charge in [0.2, 0.25) is 0 Å². The zero-order valence-electron chi connectivity index (χ0n) is 10.0. The molecule has 2 unspecified atom stereocenters. The molecule has 0 aromatic heterocycles. The zero-order chi connectivity index (χ0) is 12.0. The molecule has 1 heterocycles. The highest BCUT2D eigenvalue weighted by Gasteiger charge is 2.25. The molecule has 2 N–H and O–H groups in total. The number of hydrogen-bond donors (Lipinski definition) is 2. The quantitative estimate of drug-likeness (QED) is 0.674. The molecule has 1 fully saturated rings. The van der Waals surface area contributed by atoms with E-state index in [2.05, 4.69) is 12.2 Å². The third kappa shape index (κ3) is 4.33. The summed E-state index contributed by atoms with van der Waals surface area (Å²) in [6, 6.07) is 0. The van der Waals surface area contributed by atoms with Gasteiger partial charge in [-0.15, -0.1) is 0 Å². The van der Waals surface area contributed by atoms with Crippen LogP contribution >= 0.6 is 0 Å². The van der Waals surface area contributed by atoms with Gasteiger partial charge < -0.3 is 15.2 Å². The largest absolute Gasteiger partial charge is 0.478 e. The highest BCUT2D eigenvalue weighted by Crippen LogP contribution is 2.22. The van der Waals surface area contributed by atoms with Crippen molar-refractivity contribution in [3.05, 3.63) is 11.6 Å². The van der Waals surface area contributed by atoms with Gasteiger partial charge in [0, 0.05) is 25.8 Å². The van der Waals surface area contributed by atoms with Gasteiger partial charge in [0.05, 0.1) is 6.10 Å². The summed E-state index contributed by atoms with van der Waals surface area (Å²) < 4.78 is 5.59. The van der Waals surface area contributed by atoms with Crippen molar-refractivity contribution >= 4 is 5.97 Å². The van der Waals surface area contributed by atoms with Crippen molar-refractivity contribution < 1.29 is 14.6 Å². The minimum Gasteiger partial charge on any atom is -0.478 e. The Balaban J connectivity index is 2.22. The Morgan fingerprint density at radius 1 is 1.62 bits per heavy atom. The number of aliphatic carboxylic acids is 1. The van der Waals surface area contributed by atoms with Gasteiger partial charge >= 0.3 is 5.97 Å². The summed E-state index contributed by atoms with van der Waals surface area (Å²) in [7, 11) is 0. The summed E-state index contributed by atoms with van der Waals surface area (Å²) in [5, 5.41) is 11.8. The van der Waals surface area contributed by atoms with E-state index in [9.17, 15) is 4.79 Å². The molecular weight excluding hydrogens is 206 g/mol. The van der Waals surface area contributed by atoms with Crippen molar-refractivity contribution in [2.24, 2.45) is 5.92 Å². The minimum absolute atomic E-state index is 0.372. The minimum atomic E-state index is -0.880. The summed E-state index contributed by atoms with van der Waals surface area (Å²) >= 11 is 0. The lowest BCUT2D eigenvalue weighted by molar-refractivity contribution is -0.131. The van der Waals surface area contributed by atoms with Crippen LogP contribution in [0.25, 0.3) is 0 Å². The Hall–Kier alpha value is -0.870. The first-order valence-electron chi connectivity index (χ1n) is 5.86. The van der Waals surface area contributed by atoms with E-state index in [0.29, 0.717) is 18.6 Å². The van der Waals surface area contributed by atoms with Crippen LogP contribution in [0.15, 0.2) is 11.6 Å². The second-order valence-electron chi connectivity index (χ2n) is 4.33. The number of nitrogens with one attached hydrogen (secondary N) is 1. The molecule has 1 saturated heterocycles. The molecule has 0 aromatic carbocycles. The summed E-state index contributed by atoms with van der Waals surface area (Å²) in [6.45, 7) is 6.36. The number of carbonyl (C=O) groups is 1. The van der Waals surface area contributed by atoms with Crippen molar-refractivity contribution in [2.45, 2.75) is 32.8 Å². The SMILES string of the molecule is CCC1OCCC1CNCC(C)=CC(=O)O. The highest BCUT2D eigenvalue weighted by atomic mass is 16.5. The molecule has 4 heteroatoms. The molecule has 4 nitrogen and oxygen atoms in total. The van der Waals surface area contributed by atoms with Gasteiger partial charge in [0.25, 0.3) is 0 Å². The van der Waals surface area contributed by atoms with Crippen molar-refractivity contribution in [1.29, 1.82) is 0 Å². The summed E-state index contributed by atoms with van der Waals surface area (Å²) in [6.07, 6.45) is 3.77. The monoisotopic (exact) mass is 227 g/mol. The molecule has 2 atom stereocenters. The first-order valence-corrected chi connectivity index (χ1v) is 5.86. The van der Waals surface area contributed by atoms with E-state index in [4.69, 9.17) is 9.84 Å². The fourth-order valence-corrected chi connectivity index (χ4v) is 2.09. The molecule has 1 aliphatic rings. The topological polar surface area (TPSA) is 58.6 Å². The summed E-state index contributed by atoms with van der Waals surface area (Å²) in [5.41, 5.74) is 0.847. The van der Waals surface area contributed by atoms with Crippen LogP contribution in [0.3, 0.4) is 0 Å². The average molecular weight is 227 g/mol. The van der Waals surface area contributed by atoms with Gasteiger partial charge in [-0.1, -0.05) is 12.5 Å². The van der Waals surface area contributed by atoms with Gasteiger partial charge in [-0.3, -0.25) is 0 Å². The zero-order valence-corrected chi connectivity index (χ0v) is 10.0. The molecular formula is C12H21NO3. The van der Waals surface area contributed by atoms with Crippen LogP contribution < -0.4 is 5.32 Å². The third-order valence-electron chi connectivity index (χ3n) is 2.93. The molecule has 0 bridgehead atoms. The molecule has 92 valence electrons. The summed E-state index contributed by atoms with van der Waals surface area (Å²) in [5.74, 6) is -0.308. The van der Waals surface area contributed by atoms with E-state index < -0.39 is 5.97 Å². The van der Waals surface area contributed by atoms with Gasteiger partial charge in [-0.05, 0) is 25.7 Å². The van der Waals surface area contributed by atoms with Crippen LogP contribution in [0.2, 0.25) is 0 Å². The number of carboxylic acid groups (broad SMARTS) is 1. The lowest BCUT2D eigenvalue weighted by Crippen LogP contribution is -2.29. The van der Waals surface area contributed by atoms with Crippen molar-refractivity contribution in [1.82, 2.24) is 5.32 Å². The number of ether oxygens (including phenoxy) is 1. The smallest absolute Gasteiger partial charge is 0.328 e. The van der Waals surface area contributed by atoms with Crippen LogP contribution in [-0.4, -0.2) is 36.9 Å². The second-order valence-corrected chi connectivity index (χ2v) is 4.33.